The molecule has 2 aromatic carbocycles. The maximum absolute atomic E-state index is 3.39. The molecule has 2 aromatic rings. The van der Waals surface area contributed by atoms with E-state index in [1.165, 1.54) is 37.6 Å². The summed E-state index contributed by atoms with van der Waals surface area (Å²) in [4.78, 5) is 2.76. The van der Waals surface area contributed by atoms with Gasteiger partial charge in [-0.25, -0.2) is 0 Å². The first-order chi connectivity index (χ1) is 10.6. The molecule has 0 fully saturated rings. The van der Waals surface area contributed by atoms with Crippen LogP contribution in [0.4, 0.5) is 0 Å². The van der Waals surface area contributed by atoms with Crippen molar-refractivity contribution in [2.75, 3.05) is 13.1 Å². The summed E-state index contributed by atoms with van der Waals surface area (Å²) >= 11 is 1.91. The van der Waals surface area contributed by atoms with E-state index >= 15 is 0 Å². The minimum absolute atomic E-state index is 0.983. The Morgan fingerprint density at radius 3 is 2.41 bits per heavy atom. The fourth-order valence-electron chi connectivity index (χ4n) is 3.13. The van der Waals surface area contributed by atoms with E-state index in [2.05, 4.69) is 68.6 Å². The number of rotatable bonds is 3. The summed E-state index contributed by atoms with van der Waals surface area (Å²) in [5, 5.41) is 3.39. The van der Waals surface area contributed by atoms with Crippen LogP contribution in [-0.4, -0.2) is 13.1 Å². The van der Waals surface area contributed by atoms with Crippen LogP contribution in [-0.2, 0) is 0 Å². The molecule has 0 radical (unpaired) electrons. The van der Waals surface area contributed by atoms with E-state index in [1.807, 2.05) is 11.8 Å². The lowest BCUT2D eigenvalue weighted by Crippen LogP contribution is -2.20. The third-order valence-electron chi connectivity index (χ3n) is 4.11. The Kier molecular flexibility index (Phi) is 4.70. The molecule has 1 aliphatic rings. The summed E-state index contributed by atoms with van der Waals surface area (Å²) in [6.45, 7) is 8.66. The lowest BCUT2D eigenvalue weighted by molar-refractivity contribution is 0.737. The SMILES string of the molecule is Cc1cc(C)c(Sc2ccccc2C2=CCNCC2)c(C)c1. The predicted molar refractivity (Wildman–Crippen MR) is 96.7 cm³/mol. The molecule has 1 nitrogen and oxygen atoms in total. The lowest BCUT2D eigenvalue weighted by atomic mass is 10.0. The quantitative estimate of drug-likeness (QED) is 0.842. The van der Waals surface area contributed by atoms with Crippen LogP contribution in [0.3, 0.4) is 0 Å². The molecule has 2 heteroatoms. The van der Waals surface area contributed by atoms with Crippen LogP contribution < -0.4 is 5.32 Å². The molecule has 0 saturated carbocycles. The van der Waals surface area contributed by atoms with Crippen molar-refractivity contribution in [3.05, 3.63) is 64.7 Å². The van der Waals surface area contributed by atoms with Crippen molar-refractivity contribution in [1.82, 2.24) is 5.32 Å². The molecule has 0 aromatic heterocycles. The van der Waals surface area contributed by atoms with Gasteiger partial charge in [0.15, 0.2) is 0 Å². The van der Waals surface area contributed by atoms with Crippen molar-refractivity contribution in [3.8, 4) is 0 Å². The lowest BCUT2D eigenvalue weighted by Gasteiger charge is -2.18. The van der Waals surface area contributed by atoms with Gasteiger partial charge >= 0.3 is 0 Å². The van der Waals surface area contributed by atoms with E-state index < -0.39 is 0 Å². The van der Waals surface area contributed by atoms with E-state index in [9.17, 15) is 0 Å². The van der Waals surface area contributed by atoms with Gasteiger partial charge in [-0.15, -0.1) is 0 Å². The molecular weight excluding hydrogens is 286 g/mol. The van der Waals surface area contributed by atoms with Gasteiger partial charge in [-0.2, -0.15) is 0 Å². The highest BCUT2D eigenvalue weighted by atomic mass is 32.2. The van der Waals surface area contributed by atoms with Crippen LogP contribution in [0.5, 0.6) is 0 Å². The number of hydrogen-bond donors (Lipinski definition) is 1. The number of nitrogens with one attached hydrogen (secondary N) is 1. The maximum atomic E-state index is 3.39. The fraction of sp³-hybridized carbons (Fsp3) is 0.300. The van der Waals surface area contributed by atoms with Gasteiger partial charge in [0.05, 0.1) is 0 Å². The van der Waals surface area contributed by atoms with Crippen LogP contribution >= 0.6 is 11.8 Å². The Hall–Kier alpha value is -1.51. The average molecular weight is 309 g/mol. The topological polar surface area (TPSA) is 12.0 Å². The Morgan fingerprint density at radius 2 is 1.73 bits per heavy atom. The second-order valence-corrected chi connectivity index (χ2v) is 7.06. The first kappa shape index (κ1) is 15.4. The molecule has 1 aliphatic heterocycles. The molecule has 3 rings (SSSR count). The van der Waals surface area contributed by atoms with Gasteiger partial charge in [0.25, 0.3) is 0 Å². The second-order valence-electron chi connectivity index (χ2n) is 6.01. The summed E-state index contributed by atoms with van der Waals surface area (Å²) in [6.07, 6.45) is 3.45. The third-order valence-corrected chi connectivity index (χ3v) is 5.54. The summed E-state index contributed by atoms with van der Waals surface area (Å²) in [5.41, 5.74) is 6.96. The smallest absolute Gasteiger partial charge is 0.0197 e. The van der Waals surface area contributed by atoms with Crippen LogP contribution in [0.25, 0.3) is 5.57 Å². The van der Waals surface area contributed by atoms with Gasteiger partial charge in [0.1, 0.15) is 0 Å². The van der Waals surface area contributed by atoms with E-state index in [1.54, 1.807) is 0 Å². The first-order valence-electron chi connectivity index (χ1n) is 7.90. The largest absolute Gasteiger partial charge is 0.313 e. The fourth-order valence-corrected chi connectivity index (χ4v) is 4.24. The minimum Gasteiger partial charge on any atom is -0.313 e. The molecule has 0 saturated heterocycles. The van der Waals surface area contributed by atoms with Gasteiger partial charge in [-0.3, -0.25) is 0 Å². The van der Waals surface area contributed by atoms with Crippen molar-refractivity contribution < 1.29 is 0 Å². The molecule has 1 heterocycles. The average Bonchev–Trinajstić information content (AvgIpc) is 2.52. The maximum Gasteiger partial charge on any atom is 0.0197 e. The number of hydrogen-bond acceptors (Lipinski definition) is 2. The summed E-state index contributed by atoms with van der Waals surface area (Å²) in [5.74, 6) is 0. The van der Waals surface area contributed by atoms with E-state index in [4.69, 9.17) is 0 Å². The summed E-state index contributed by atoms with van der Waals surface area (Å²) in [7, 11) is 0. The molecular formula is C20H23NS. The standard InChI is InChI=1S/C20H23NS/c1-14-12-15(2)20(16(3)13-14)22-19-7-5-4-6-18(19)17-8-10-21-11-9-17/h4-8,12-13,21H,9-11H2,1-3H3. The molecule has 0 atom stereocenters. The van der Waals surface area contributed by atoms with E-state index in [0.717, 1.165) is 19.5 Å². The van der Waals surface area contributed by atoms with Crippen molar-refractivity contribution in [2.24, 2.45) is 0 Å². The van der Waals surface area contributed by atoms with Crippen molar-refractivity contribution in [3.63, 3.8) is 0 Å². The highest BCUT2D eigenvalue weighted by Crippen LogP contribution is 2.38. The predicted octanol–water partition coefficient (Wildman–Crippen LogP) is 5.14. The molecule has 0 aliphatic carbocycles. The zero-order valence-electron chi connectivity index (χ0n) is 13.6. The molecule has 0 unspecified atom stereocenters. The Labute approximate surface area is 137 Å². The Bertz CT molecular complexity index is 692. The van der Waals surface area contributed by atoms with Gasteiger partial charge in [-0.05, 0) is 62.1 Å². The zero-order chi connectivity index (χ0) is 15.5. The van der Waals surface area contributed by atoms with Crippen molar-refractivity contribution in [2.45, 2.75) is 37.0 Å². The summed E-state index contributed by atoms with van der Waals surface area (Å²) < 4.78 is 0. The third kappa shape index (κ3) is 3.29. The molecule has 0 spiro atoms. The number of benzene rings is 2. The molecule has 1 N–H and O–H groups in total. The van der Waals surface area contributed by atoms with Crippen molar-refractivity contribution >= 4 is 17.3 Å². The molecule has 0 amide bonds. The first-order valence-corrected chi connectivity index (χ1v) is 8.71. The molecule has 114 valence electrons. The van der Waals surface area contributed by atoms with Crippen LogP contribution in [0.1, 0.15) is 28.7 Å². The zero-order valence-corrected chi connectivity index (χ0v) is 14.4. The molecule has 0 bridgehead atoms. The minimum atomic E-state index is 0.983. The monoisotopic (exact) mass is 309 g/mol. The number of aryl methyl sites for hydroxylation is 3. The van der Waals surface area contributed by atoms with Gasteiger partial charge < -0.3 is 5.32 Å². The van der Waals surface area contributed by atoms with Gasteiger partial charge in [-0.1, -0.05) is 53.7 Å². The van der Waals surface area contributed by atoms with E-state index in [-0.39, 0.29) is 0 Å². The van der Waals surface area contributed by atoms with E-state index in [0.29, 0.717) is 0 Å². The highest BCUT2D eigenvalue weighted by molar-refractivity contribution is 7.99. The Balaban J connectivity index is 1.98. The van der Waals surface area contributed by atoms with Crippen LogP contribution in [0.2, 0.25) is 0 Å². The second kappa shape index (κ2) is 6.72. The summed E-state index contributed by atoms with van der Waals surface area (Å²) in [6, 6.07) is 13.4. The Morgan fingerprint density at radius 1 is 1.00 bits per heavy atom. The highest BCUT2D eigenvalue weighted by Gasteiger charge is 2.13. The van der Waals surface area contributed by atoms with Crippen LogP contribution in [0.15, 0.2) is 52.3 Å². The van der Waals surface area contributed by atoms with Gasteiger partial charge in [0, 0.05) is 16.3 Å². The normalized spacial score (nSPS) is 14.8. The van der Waals surface area contributed by atoms with Gasteiger partial charge in [0.2, 0.25) is 0 Å². The molecule has 22 heavy (non-hydrogen) atoms. The van der Waals surface area contributed by atoms with Crippen LogP contribution in [0, 0.1) is 20.8 Å². The van der Waals surface area contributed by atoms with Crippen molar-refractivity contribution in [1.29, 1.82) is 0 Å².